The average Bonchev–Trinajstić information content (AvgIpc) is 3.01. The van der Waals surface area contributed by atoms with Crippen molar-refractivity contribution in [3.8, 4) is 22.8 Å². The highest BCUT2D eigenvalue weighted by Gasteiger charge is 2.07. The van der Waals surface area contributed by atoms with Gasteiger partial charge in [0.2, 0.25) is 23.5 Å². The van der Waals surface area contributed by atoms with E-state index < -0.39 is 0 Å². The van der Waals surface area contributed by atoms with Crippen LogP contribution in [0.4, 0.5) is 0 Å². The summed E-state index contributed by atoms with van der Waals surface area (Å²) in [5.41, 5.74) is 3.49. The summed E-state index contributed by atoms with van der Waals surface area (Å²) in [5, 5.41) is 37.4. The standard InChI is InChI=1S/C28H32N10O4/c1-19-31-35-27(36-32-19)23-7-3-21(4-8-23)17-29-25(39)11-13-41-15-16-42-14-12-26(40)30-18-22-5-9-24(10-6-22)28-37-33-20(2)34-38-28/h3-10H,11-18H2,1-2H3,(H,29,39)(H,30,40). The van der Waals surface area contributed by atoms with E-state index in [2.05, 4.69) is 51.4 Å². The maximum atomic E-state index is 12.1. The van der Waals surface area contributed by atoms with Crippen LogP contribution >= 0.6 is 0 Å². The van der Waals surface area contributed by atoms with Crippen LogP contribution in [0, 0.1) is 13.8 Å². The molecular formula is C28H32N10O4. The fourth-order valence-electron chi connectivity index (χ4n) is 3.56. The number of aryl methyl sites for hydroxylation is 2. The molecule has 4 rings (SSSR count). The van der Waals surface area contributed by atoms with Crippen LogP contribution in [0.5, 0.6) is 0 Å². The van der Waals surface area contributed by atoms with Crippen LogP contribution in [0.1, 0.15) is 35.6 Å². The summed E-state index contributed by atoms with van der Waals surface area (Å²) >= 11 is 0. The topological polar surface area (TPSA) is 180 Å². The minimum Gasteiger partial charge on any atom is -0.379 e. The molecule has 0 radical (unpaired) electrons. The Kier molecular flexibility index (Phi) is 11.4. The lowest BCUT2D eigenvalue weighted by Gasteiger charge is -2.08. The van der Waals surface area contributed by atoms with Gasteiger partial charge in [-0.25, -0.2) is 0 Å². The number of hydrogen-bond donors (Lipinski definition) is 2. The van der Waals surface area contributed by atoms with Gasteiger partial charge in [-0.2, -0.15) is 0 Å². The Morgan fingerprint density at radius 2 is 0.905 bits per heavy atom. The lowest BCUT2D eigenvalue weighted by molar-refractivity contribution is -0.123. The molecule has 14 heteroatoms. The molecule has 4 aromatic rings. The molecule has 0 saturated carbocycles. The molecule has 14 nitrogen and oxygen atoms in total. The SMILES string of the molecule is Cc1nnc(-c2ccc(CNC(=O)CCOCCOCCC(=O)NCc3ccc(-c4nnc(C)nn4)cc3)cc2)nn1. The minimum atomic E-state index is -0.112. The minimum absolute atomic E-state index is 0.112. The molecule has 2 amide bonds. The van der Waals surface area contributed by atoms with E-state index in [1.807, 2.05) is 48.5 Å². The van der Waals surface area contributed by atoms with Gasteiger partial charge in [-0.15, -0.1) is 40.8 Å². The molecule has 0 bridgehead atoms. The molecule has 0 spiro atoms. The van der Waals surface area contributed by atoms with E-state index in [-0.39, 0.29) is 37.9 Å². The number of ether oxygens (including phenoxy) is 2. The van der Waals surface area contributed by atoms with E-state index in [1.54, 1.807) is 13.8 Å². The predicted molar refractivity (Wildman–Crippen MR) is 150 cm³/mol. The molecule has 2 N–H and O–H groups in total. The zero-order chi connectivity index (χ0) is 29.6. The third kappa shape index (κ3) is 9.98. The van der Waals surface area contributed by atoms with Crippen molar-refractivity contribution in [1.29, 1.82) is 0 Å². The van der Waals surface area contributed by atoms with Gasteiger partial charge in [0.05, 0.1) is 26.4 Å². The maximum absolute atomic E-state index is 12.1. The van der Waals surface area contributed by atoms with Crippen LogP contribution in [0.3, 0.4) is 0 Å². The molecular weight excluding hydrogens is 540 g/mol. The van der Waals surface area contributed by atoms with Gasteiger partial charge in [0, 0.05) is 37.1 Å². The molecule has 218 valence electrons. The first-order valence-corrected chi connectivity index (χ1v) is 13.4. The van der Waals surface area contributed by atoms with E-state index in [0.717, 1.165) is 22.3 Å². The van der Waals surface area contributed by atoms with Crippen molar-refractivity contribution in [3.05, 3.63) is 71.3 Å². The molecule has 0 unspecified atom stereocenters. The zero-order valence-corrected chi connectivity index (χ0v) is 23.5. The molecule has 0 aliphatic carbocycles. The predicted octanol–water partition coefficient (Wildman–Crippen LogP) is 1.54. The van der Waals surface area contributed by atoms with Crippen molar-refractivity contribution in [2.45, 2.75) is 39.8 Å². The molecule has 0 saturated heterocycles. The van der Waals surface area contributed by atoms with Crippen LogP contribution in [-0.4, -0.2) is 79.0 Å². The molecule has 0 fully saturated rings. The number of benzene rings is 2. The third-order valence-corrected chi connectivity index (χ3v) is 5.88. The highest BCUT2D eigenvalue weighted by molar-refractivity contribution is 5.76. The Morgan fingerprint density at radius 3 is 1.26 bits per heavy atom. The first-order chi connectivity index (χ1) is 20.5. The van der Waals surface area contributed by atoms with Crippen molar-refractivity contribution in [2.75, 3.05) is 26.4 Å². The van der Waals surface area contributed by atoms with Crippen molar-refractivity contribution >= 4 is 11.8 Å². The number of carbonyl (C=O) groups is 2. The molecule has 0 atom stereocenters. The number of carbonyl (C=O) groups excluding carboxylic acids is 2. The number of rotatable bonds is 15. The van der Waals surface area contributed by atoms with Gasteiger partial charge < -0.3 is 20.1 Å². The van der Waals surface area contributed by atoms with Gasteiger partial charge in [0.15, 0.2) is 11.6 Å². The monoisotopic (exact) mass is 572 g/mol. The van der Waals surface area contributed by atoms with Crippen molar-refractivity contribution in [1.82, 2.24) is 51.4 Å². The highest BCUT2D eigenvalue weighted by atomic mass is 16.5. The van der Waals surface area contributed by atoms with Crippen molar-refractivity contribution in [3.63, 3.8) is 0 Å². The summed E-state index contributed by atoms with van der Waals surface area (Å²) in [6.07, 6.45) is 0.476. The van der Waals surface area contributed by atoms with Gasteiger partial charge in [-0.05, 0) is 25.0 Å². The smallest absolute Gasteiger partial charge is 0.222 e. The van der Waals surface area contributed by atoms with E-state index in [1.165, 1.54) is 0 Å². The molecule has 2 aromatic carbocycles. The van der Waals surface area contributed by atoms with Crippen molar-refractivity contribution < 1.29 is 19.1 Å². The molecule has 2 aromatic heterocycles. The third-order valence-electron chi connectivity index (χ3n) is 5.88. The fraction of sp³-hybridized carbons (Fsp3) is 0.357. The van der Waals surface area contributed by atoms with Crippen LogP contribution in [-0.2, 0) is 32.2 Å². The van der Waals surface area contributed by atoms with E-state index >= 15 is 0 Å². The fourth-order valence-corrected chi connectivity index (χ4v) is 3.56. The summed E-state index contributed by atoms with van der Waals surface area (Å²) in [6.45, 7) is 5.48. The number of nitrogens with zero attached hydrogens (tertiary/aromatic N) is 8. The first-order valence-electron chi connectivity index (χ1n) is 13.4. The highest BCUT2D eigenvalue weighted by Crippen LogP contribution is 2.15. The van der Waals surface area contributed by atoms with E-state index in [4.69, 9.17) is 9.47 Å². The van der Waals surface area contributed by atoms with Gasteiger partial charge in [-0.1, -0.05) is 48.5 Å². The quantitative estimate of drug-likeness (QED) is 0.197. The molecule has 0 aliphatic heterocycles. The van der Waals surface area contributed by atoms with Crippen LogP contribution < -0.4 is 10.6 Å². The van der Waals surface area contributed by atoms with Gasteiger partial charge in [0.1, 0.15) is 0 Å². The normalized spacial score (nSPS) is 10.8. The number of aromatic nitrogens is 8. The first kappa shape index (κ1) is 30.1. The summed E-state index contributed by atoms with van der Waals surface area (Å²) < 4.78 is 10.9. The Balaban J connectivity index is 0.998. The maximum Gasteiger partial charge on any atom is 0.222 e. The zero-order valence-electron chi connectivity index (χ0n) is 23.5. The van der Waals surface area contributed by atoms with E-state index in [0.29, 0.717) is 49.6 Å². The largest absolute Gasteiger partial charge is 0.379 e. The van der Waals surface area contributed by atoms with Gasteiger partial charge in [-0.3, -0.25) is 9.59 Å². The Morgan fingerprint density at radius 1 is 0.548 bits per heavy atom. The number of nitrogens with one attached hydrogen (secondary N) is 2. The van der Waals surface area contributed by atoms with E-state index in [9.17, 15) is 9.59 Å². The number of amides is 2. The van der Waals surface area contributed by atoms with Gasteiger partial charge >= 0.3 is 0 Å². The number of hydrogen-bond acceptors (Lipinski definition) is 12. The summed E-state index contributed by atoms with van der Waals surface area (Å²) in [6, 6.07) is 15.0. The lowest BCUT2D eigenvalue weighted by Crippen LogP contribution is -2.24. The molecule has 2 heterocycles. The van der Waals surface area contributed by atoms with Gasteiger partial charge in [0.25, 0.3) is 0 Å². The molecule has 0 aliphatic rings. The average molecular weight is 573 g/mol. The molecule has 42 heavy (non-hydrogen) atoms. The van der Waals surface area contributed by atoms with Crippen LogP contribution in [0.2, 0.25) is 0 Å². The van der Waals surface area contributed by atoms with Crippen LogP contribution in [0.25, 0.3) is 22.8 Å². The second-order valence-electron chi connectivity index (χ2n) is 9.21. The Labute approximate surface area is 242 Å². The summed E-state index contributed by atoms with van der Waals surface area (Å²) in [7, 11) is 0. The van der Waals surface area contributed by atoms with Crippen molar-refractivity contribution in [2.24, 2.45) is 0 Å². The summed E-state index contributed by atoms with van der Waals surface area (Å²) in [5.74, 6) is 1.70. The summed E-state index contributed by atoms with van der Waals surface area (Å²) in [4.78, 5) is 24.2. The Hall–Kier alpha value is -4.82. The Bertz CT molecular complexity index is 1310. The lowest BCUT2D eigenvalue weighted by atomic mass is 10.1. The second kappa shape index (κ2) is 15.8. The second-order valence-corrected chi connectivity index (χ2v) is 9.21. The van der Waals surface area contributed by atoms with Crippen LogP contribution in [0.15, 0.2) is 48.5 Å².